The lowest BCUT2D eigenvalue weighted by Crippen LogP contribution is -2.00. The van der Waals surface area contributed by atoms with Crippen molar-refractivity contribution in [2.45, 2.75) is 0 Å². The van der Waals surface area contributed by atoms with E-state index in [-0.39, 0.29) is 0 Å². The van der Waals surface area contributed by atoms with Crippen LogP contribution in [0, 0.1) is 0 Å². The fourth-order valence-electron chi connectivity index (χ4n) is 0.309. The molecule has 0 spiro atoms. The Balaban J connectivity index is 2.48. The smallest absolute Gasteiger partial charge is 0.131 e. The van der Waals surface area contributed by atoms with Gasteiger partial charge in [-0.05, 0) is 0 Å². The van der Waals surface area contributed by atoms with E-state index < -0.39 is 7.06 Å². The molecule has 0 N–H and O–H groups in total. The molecule has 0 amide bonds. The van der Waals surface area contributed by atoms with Crippen molar-refractivity contribution >= 4 is 0 Å². The van der Waals surface area contributed by atoms with Crippen molar-refractivity contribution in [3.05, 3.63) is 18.7 Å². The Morgan fingerprint density at radius 2 is 3.00 bits per heavy atom. The highest BCUT2D eigenvalue weighted by Gasteiger charge is 1.77. The van der Waals surface area contributed by atoms with Crippen molar-refractivity contribution in [1.82, 2.24) is 9.71 Å². The van der Waals surface area contributed by atoms with Gasteiger partial charge in [0.05, 0.1) is 8.94 Å². The van der Waals surface area contributed by atoms with Gasteiger partial charge in [-0.3, -0.25) is 0 Å². The number of nitrogens with zero attached hydrogens (tertiary/aromatic N) is 2. The van der Waals surface area contributed by atoms with Crippen molar-refractivity contribution in [3.63, 3.8) is 0 Å². The summed E-state index contributed by atoms with van der Waals surface area (Å²) in [4.78, 5) is 8.19. The summed E-state index contributed by atoms with van der Waals surface area (Å²) in [7, 11) is -1.29. The topological polar surface area (TPSA) is 27.1 Å². The summed E-state index contributed by atoms with van der Waals surface area (Å²) in [5.74, 6) is 0. The van der Waals surface area contributed by atoms with Crippen LogP contribution in [-0.2, 0) is 0 Å². The second kappa shape index (κ2) is 1.64. The van der Waals surface area contributed by atoms with Crippen LogP contribution in [0.25, 0.3) is 0 Å². The first-order chi connectivity index (χ1) is 4.29. The van der Waals surface area contributed by atoms with Gasteiger partial charge in [0.2, 0.25) is 0 Å². The number of rotatable bonds is 1. The zero-order valence-corrected chi connectivity index (χ0v) is 3.61. The maximum Gasteiger partial charge on any atom is 0.131 e. The first-order valence-corrected chi connectivity index (χ1v) is 1.78. The van der Waals surface area contributed by atoms with Gasteiger partial charge in [-0.1, -0.05) is 0 Å². The van der Waals surface area contributed by atoms with E-state index in [9.17, 15) is 0 Å². The summed E-state index contributed by atoms with van der Waals surface area (Å²) in [6.45, 7) is 0. The normalized spacial score (nSPS) is 13.3. The molecule has 0 atom stereocenters. The third-order valence-electron chi connectivity index (χ3n) is 0.602. The molecule has 3 nitrogen and oxygen atoms in total. The van der Waals surface area contributed by atoms with Crippen molar-refractivity contribution in [2.75, 3.05) is 7.06 Å². The van der Waals surface area contributed by atoms with Gasteiger partial charge in [-0.15, -0.1) is 0 Å². The number of imidazole rings is 1. The van der Waals surface area contributed by atoms with Crippen LogP contribution < -0.4 is 4.84 Å². The molecule has 0 bridgehead atoms. The van der Waals surface area contributed by atoms with Gasteiger partial charge < -0.3 is 4.84 Å². The molecule has 0 aliphatic carbocycles. The monoisotopic (exact) mass is 100 g/mol. The molecule has 38 valence electrons. The van der Waals surface area contributed by atoms with E-state index in [4.69, 9.17) is 2.74 Å². The molecule has 1 heterocycles. The van der Waals surface area contributed by atoms with Crippen LogP contribution in [0.4, 0.5) is 0 Å². The third kappa shape index (κ3) is 0.707. The Hall–Kier alpha value is -0.990. The number of hydrogen-bond donors (Lipinski definition) is 0. The molecule has 0 saturated carbocycles. The summed E-state index contributed by atoms with van der Waals surface area (Å²) in [5, 5.41) is 0. The van der Waals surface area contributed by atoms with Gasteiger partial charge in [0.25, 0.3) is 0 Å². The average molecular weight is 100 g/mol. The molecule has 7 heavy (non-hydrogen) atoms. The molecule has 0 fully saturated rings. The minimum atomic E-state index is -1.29. The van der Waals surface area contributed by atoms with Crippen molar-refractivity contribution in [1.29, 1.82) is 0 Å². The van der Waals surface area contributed by atoms with E-state index >= 15 is 0 Å². The maximum absolute atomic E-state index is 6.65. The standard InChI is InChI=1S/C4H6N2O/c1-7-6-3-2-5-4-6/h2-4H,1H3/i1D2. The van der Waals surface area contributed by atoms with E-state index in [2.05, 4.69) is 9.82 Å². The zero-order valence-electron chi connectivity index (χ0n) is 5.61. The summed E-state index contributed by atoms with van der Waals surface area (Å²) in [6, 6.07) is 0. The molecule has 0 saturated heterocycles. The molecule has 1 aromatic heterocycles. The van der Waals surface area contributed by atoms with Crippen LogP contribution in [0.1, 0.15) is 2.74 Å². The highest BCUT2D eigenvalue weighted by molar-refractivity contribution is 4.68. The molecule has 1 rings (SSSR count). The van der Waals surface area contributed by atoms with Crippen LogP contribution in [0.15, 0.2) is 18.7 Å². The highest BCUT2D eigenvalue weighted by atomic mass is 16.6. The Kier molecular flexibility index (Phi) is 0.551. The predicted molar refractivity (Wildman–Crippen MR) is 24.7 cm³/mol. The number of hydrogen-bond acceptors (Lipinski definition) is 2. The first kappa shape index (κ1) is 2.35. The van der Waals surface area contributed by atoms with Gasteiger partial charge in [-0.25, -0.2) is 4.98 Å². The summed E-state index contributed by atoms with van der Waals surface area (Å²) in [5.41, 5.74) is 0. The summed E-state index contributed by atoms with van der Waals surface area (Å²) < 4.78 is 14.5. The second-order valence-corrected chi connectivity index (χ2v) is 1.03. The Morgan fingerprint density at radius 3 is 3.57 bits per heavy atom. The predicted octanol–water partition coefficient (Wildman–Crippen LogP) is -0.0585. The lowest BCUT2D eigenvalue weighted by atomic mass is 11.0. The third-order valence-corrected chi connectivity index (χ3v) is 0.602. The fraction of sp³-hybridized carbons (Fsp3) is 0.250. The van der Waals surface area contributed by atoms with E-state index in [1.807, 2.05) is 0 Å². The van der Waals surface area contributed by atoms with Crippen LogP contribution in [0.3, 0.4) is 0 Å². The molecular formula is C4H6N2O. The molecule has 0 aliphatic rings. The van der Waals surface area contributed by atoms with Gasteiger partial charge in [0.15, 0.2) is 0 Å². The quantitative estimate of drug-likeness (QED) is 0.494. The molecule has 0 aliphatic heterocycles. The summed E-state index contributed by atoms with van der Waals surface area (Å²) >= 11 is 0. The van der Waals surface area contributed by atoms with Crippen LogP contribution in [0.5, 0.6) is 0 Å². The van der Waals surface area contributed by atoms with Crippen molar-refractivity contribution in [2.24, 2.45) is 0 Å². The molecule has 0 radical (unpaired) electrons. The largest absolute Gasteiger partial charge is 0.416 e. The zero-order chi connectivity index (χ0) is 6.69. The van der Waals surface area contributed by atoms with E-state index in [1.165, 1.54) is 23.5 Å². The SMILES string of the molecule is [2H]C([2H])On1ccnc1. The second-order valence-electron chi connectivity index (χ2n) is 1.03. The lowest BCUT2D eigenvalue weighted by molar-refractivity contribution is 0.166. The first-order valence-electron chi connectivity index (χ1n) is 2.94. The Bertz CT molecular complexity index is 163. The van der Waals surface area contributed by atoms with Crippen molar-refractivity contribution in [3.8, 4) is 0 Å². The van der Waals surface area contributed by atoms with Crippen LogP contribution in [-0.4, -0.2) is 16.8 Å². The van der Waals surface area contributed by atoms with Gasteiger partial charge in [-0.2, -0.15) is 4.73 Å². The van der Waals surface area contributed by atoms with E-state index in [0.717, 1.165) is 0 Å². The van der Waals surface area contributed by atoms with E-state index in [0.29, 0.717) is 0 Å². The molecule has 0 unspecified atom stereocenters. The molecular weight excluding hydrogens is 92.1 g/mol. The minimum Gasteiger partial charge on any atom is -0.416 e. The molecule has 0 aromatic carbocycles. The van der Waals surface area contributed by atoms with E-state index in [1.54, 1.807) is 0 Å². The highest BCUT2D eigenvalue weighted by Crippen LogP contribution is 1.75. The summed E-state index contributed by atoms with van der Waals surface area (Å²) in [6.07, 6.45) is 4.43. The van der Waals surface area contributed by atoms with Gasteiger partial charge in [0, 0.05) is 6.20 Å². The maximum atomic E-state index is 6.65. The minimum absolute atomic E-state index is 1.21. The lowest BCUT2D eigenvalue weighted by Gasteiger charge is -1.92. The van der Waals surface area contributed by atoms with Gasteiger partial charge in [0.1, 0.15) is 13.4 Å². The number of aromatic nitrogens is 2. The fourth-order valence-corrected chi connectivity index (χ4v) is 0.309. The Morgan fingerprint density at radius 1 is 2.00 bits per heavy atom. The van der Waals surface area contributed by atoms with Crippen LogP contribution >= 0.6 is 0 Å². The van der Waals surface area contributed by atoms with Crippen molar-refractivity contribution < 1.29 is 7.58 Å². The molecule has 1 aromatic rings. The van der Waals surface area contributed by atoms with Gasteiger partial charge >= 0.3 is 0 Å². The Labute approximate surface area is 44.3 Å². The van der Waals surface area contributed by atoms with Crippen LogP contribution in [0.2, 0.25) is 0 Å². The average Bonchev–Trinajstić information content (AvgIpc) is 2.15. The molecule has 3 heteroatoms.